The molecule has 0 aliphatic carbocycles. The Balaban J connectivity index is 1.63. The molecule has 2 amide bonds. The summed E-state index contributed by atoms with van der Waals surface area (Å²) in [5.41, 5.74) is 0.201. The minimum Gasteiger partial charge on any atom is -0.443 e. The molecule has 6 nitrogen and oxygen atoms in total. The van der Waals surface area contributed by atoms with Crippen molar-refractivity contribution in [1.82, 2.24) is 15.2 Å². The van der Waals surface area contributed by atoms with Gasteiger partial charge in [-0.25, -0.2) is 4.98 Å². The second kappa shape index (κ2) is 7.10. The van der Waals surface area contributed by atoms with E-state index < -0.39 is 17.0 Å². The summed E-state index contributed by atoms with van der Waals surface area (Å²) in [7, 11) is 0. The van der Waals surface area contributed by atoms with E-state index in [4.69, 9.17) is 4.42 Å². The van der Waals surface area contributed by atoms with Crippen LogP contribution in [0.4, 0.5) is 13.2 Å². The molecule has 0 atom stereocenters. The lowest BCUT2D eigenvalue weighted by molar-refractivity contribution is -0.134. The van der Waals surface area contributed by atoms with Gasteiger partial charge in [-0.1, -0.05) is 0 Å². The number of likely N-dealkylation sites (tertiary alicyclic amines) is 1. The van der Waals surface area contributed by atoms with Crippen LogP contribution in [0.2, 0.25) is 0 Å². The quantitative estimate of drug-likeness (QED) is 0.874. The first-order valence-electron chi connectivity index (χ1n) is 7.96. The molecule has 0 saturated carbocycles. The second-order valence-corrected chi connectivity index (χ2v) is 6.94. The molecule has 0 spiro atoms. The minimum absolute atomic E-state index is 0.0611. The van der Waals surface area contributed by atoms with Gasteiger partial charge in [0.15, 0.2) is 5.69 Å². The van der Waals surface area contributed by atoms with Crippen LogP contribution in [0, 0.1) is 6.92 Å². The fourth-order valence-electron chi connectivity index (χ4n) is 2.65. The first kappa shape index (κ1) is 18.4. The van der Waals surface area contributed by atoms with E-state index in [9.17, 15) is 22.8 Å². The third-order valence-electron chi connectivity index (χ3n) is 3.95. The first-order chi connectivity index (χ1) is 12.3. The summed E-state index contributed by atoms with van der Waals surface area (Å²) < 4.78 is 43.1. The molecule has 3 rings (SSSR count). The van der Waals surface area contributed by atoms with Gasteiger partial charge in [0, 0.05) is 13.1 Å². The highest BCUT2D eigenvalue weighted by Crippen LogP contribution is 2.34. The van der Waals surface area contributed by atoms with Crippen molar-refractivity contribution in [2.24, 2.45) is 0 Å². The maximum absolute atomic E-state index is 12.6. The number of thiophene rings is 1. The van der Waals surface area contributed by atoms with E-state index in [1.807, 2.05) is 0 Å². The zero-order chi connectivity index (χ0) is 18.9. The predicted octanol–water partition coefficient (Wildman–Crippen LogP) is 3.23. The normalized spacial score (nSPS) is 14.7. The largest absolute Gasteiger partial charge is 0.443 e. The fraction of sp³-hybridized carbons (Fsp3) is 0.438. The maximum atomic E-state index is 12.6. The molecule has 2 aromatic rings. The van der Waals surface area contributed by atoms with Crippen molar-refractivity contribution < 1.29 is 27.2 Å². The minimum atomic E-state index is -4.48. The molecule has 10 heteroatoms. The highest BCUT2D eigenvalue weighted by molar-refractivity contribution is 7.14. The SMILES string of the molecule is Cc1oc(CNC(=O)c2ccc(C(F)(F)F)s2)nc1C(=O)N1CCCC1. The van der Waals surface area contributed by atoms with Crippen molar-refractivity contribution in [2.75, 3.05) is 13.1 Å². The average molecular weight is 387 g/mol. The molecule has 0 bridgehead atoms. The average Bonchev–Trinajstić information content (AvgIpc) is 3.31. The van der Waals surface area contributed by atoms with Gasteiger partial charge in [-0.15, -0.1) is 11.3 Å². The Bertz CT molecular complexity index is 822. The molecule has 1 fully saturated rings. The summed E-state index contributed by atoms with van der Waals surface area (Å²) in [5.74, 6) is -0.393. The number of hydrogen-bond acceptors (Lipinski definition) is 5. The van der Waals surface area contributed by atoms with Crippen LogP contribution < -0.4 is 5.32 Å². The van der Waals surface area contributed by atoms with Crippen molar-refractivity contribution in [3.05, 3.63) is 39.2 Å². The summed E-state index contributed by atoms with van der Waals surface area (Å²) in [6.07, 6.45) is -2.58. The van der Waals surface area contributed by atoms with Crippen molar-refractivity contribution in [3.8, 4) is 0 Å². The molecule has 2 aromatic heterocycles. The number of hydrogen-bond donors (Lipinski definition) is 1. The number of aryl methyl sites for hydroxylation is 1. The van der Waals surface area contributed by atoms with Crippen molar-refractivity contribution in [1.29, 1.82) is 0 Å². The van der Waals surface area contributed by atoms with Crippen molar-refractivity contribution in [3.63, 3.8) is 0 Å². The second-order valence-electron chi connectivity index (χ2n) is 5.86. The number of halogens is 3. The van der Waals surface area contributed by atoms with E-state index in [0.717, 1.165) is 25.0 Å². The smallest absolute Gasteiger partial charge is 0.425 e. The molecular formula is C16H16F3N3O3S. The predicted molar refractivity (Wildman–Crippen MR) is 86.9 cm³/mol. The van der Waals surface area contributed by atoms with Crippen LogP contribution in [0.15, 0.2) is 16.5 Å². The van der Waals surface area contributed by atoms with Crippen LogP contribution in [0.25, 0.3) is 0 Å². The maximum Gasteiger partial charge on any atom is 0.425 e. The molecule has 0 unspecified atom stereocenters. The van der Waals surface area contributed by atoms with Gasteiger partial charge in [0.25, 0.3) is 11.8 Å². The molecule has 1 N–H and O–H groups in total. The molecule has 1 aliphatic heterocycles. The van der Waals surface area contributed by atoms with E-state index in [-0.39, 0.29) is 28.9 Å². The lowest BCUT2D eigenvalue weighted by Gasteiger charge is -2.13. The van der Waals surface area contributed by atoms with E-state index >= 15 is 0 Å². The molecule has 1 saturated heterocycles. The number of oxazole rings is 1. The number of amides is 2. The van der Waals surface area contributed by atoms with Gasteiger partial charge in [-0.05, 0) is 31.9 Å². The van der Waals surface area contributed by atoms with E-state index in [1.54, 1.807) is 11.8 Å². The number of alkyl halides is 3. The Kier molecular flexibility index (Phi) is 5.03. The Morgan fingerprint density at radius 3 is 2.62 bits per heavy atom. The number of rotatable bonds is 4. The van der Waals surface area contributed by atoms with E-state index in [0.29, 0.717) is 30.2 Å². The molecule has 140 valence electrons. The summed E-state index contributed by atoms with van der Waals surface area (Å²) >= 11 is 0.364. The number of carbonyl (C=O) groups excluding carboxylic acids is 2. The topological polar surface area (TPSA) is 75.4 Å². The summed E-state index contributed by atoms with van der Waals surface area (Å²) in [4.78, 5) is 29.2. The standard InChI is InChI=1S/C16H16F3N3O3S/c1-9-13(15(24)22-6-2-3-7-22)21-12(25-9)8-20-14(23)10-4-5-11(26-10)16(17,18)19/h4-5H,2-3,6-8H2,1H3,(H,20,23). The van der Waals surface area contributed by atoms with E-state index in [1.165, 1.54) is 0 Å². The van der Waals surface area contributed by atoms with Gasteiger partial charge in [-0.3, -0.25) is 9.59 Å². The highest BCUT2D eigenvalue weighted by Gasteiger charge is 2.33. The van der Waals surface area contributed by atoms with Crippen LogP contribution in [-0.4, -0.2) is 34.8 Å². The Morgan fingerprint density at radius 1 is 1.31 bits per heavy atom. The monoisotopic (exact) mass is 387 g/mol. The number of nitrogens with zero attached hydrogens (tertiary/aromatic N) is 2. The van der Waals surface area contributed by atoms with Crippen LogP contribution in [0.1, 0.15) is 49.5 Å². The molecule has 0 aromatic carbocycles. The zero-order valence-corrected chi connectivity index (χ0v) is 14.7. The van der Waals surface area contributed by atoms with Crippen LogP contribution in [0.5, 0.6) is 0 Å². The summed E-state index contributed by atoms with van der Waals surface area (Å²) in [6, 6.07) is 1.98. The van der Waals surface area contributed by atoms with Crippen LogP contribution in [0.3, 0.4) is 0 Å². The molecule has 1 aliphatic rings. The molecule has 0 radical (unpaired) electrons. The highest BCUT2D eigenvalue weighted by atomic mass is 32.1. The lowest BCUT2D eigenvalue weighted by Crippen LogP contribution is -2.28. The zero-order valence-electron chi connectivity index (χ0n) is 13.9. The number of aromatic nitrogens is 1. The number of nitrogens with one attached hydrogen (secondary N) is 1. The van der Waals surface area contributed by atoms with Gasteiger partial charge in [0.05, 0.1) is 11.4 Å². The summed E-state index contributed by atoms with van der Waals surface area (Å²) in [5, 5.41) is 2.45. The van der Waals surface area contributed by atoms with Crippen molar-refractivity contribution in [2.45, 2.75) is 32.5 Å². The first-order valence-corrected chi connectivity index (χ1v) is 8.78. The Labute approximate surface area is 151 Å². The van der Waals surface area contributed by atoms with Gasteiger partial charge in [0.1, 0.15) is 10.6 Å². The molecule has 26 heavy (non-hydrogen) atoms. The Hall–Kier alpha value is -2.36. The molecule has 3 heterocycles. The van der Waals surface area contributed by atoms with Crippen molar-refractivity contribution >= 4 is 23.2 Å². The van der Waals surface area contributed by atoms with Crippen LogP contribution in [-0.2, 0) is 12.7 Å². The van der Waals surface area contributed by atoms with E-state index in [2.05, 4.69) is 10.3 Å². The third-order valence-corrected chi connectivity index (χ3v) is 5.07. The lowest BCUT2D eigenvalue weighted by atomic mass is 10.3. The fourth-order valence-corrected chi connectivity index (χ4v) is 3.44. The van der Waals surface area contributed by atoms with Crippen LogP contribution >= 0.6 is 11.3 Å². The summed E-state index contributed by atoms with van der Waals surface area (Å²) in [6.45, 7) is 2.84. The molecular weight excluding hydrogens is 371 g/mol. The van der Waals surface area contributed by atoms with Gasteiger partial charge < -0.3 is 14.6 Å². The third kappa shape index (κ3) is 3.90. The number of carbonyl (C=O) groups is 2. The Morgan fingerprint density at radius 2 is 2.00 bits per heavy atom. The van der Waals surface area contributed by atoms with Gasteiger partial charge in [0.2, 0.25) is 5.89 Å². The van der Waals surface area contributed by atoms with Gasteiger partial charge in [-0.2, -0.15) is 13.2 Å². The van der Waals surface area contributed by atoms with Gasteiger partial charge >= 0.3 is 6.18 Å².